The second kappa shape index (κ2) is 9.18. The van der Waals surface area contributed by atoms with E-state index in [1.807, 2.05) is 32.3 Å². The fraction of sp³-hybridized carbons (Fsp3) is 0.400. The van der Waals surface area contributed by atoms with E-state index in [0.29, 0.717) is 18.0 Å². The number of rotatable bonds is 8. The fourth-order valence-electron chi connectivity index (χ4n) is 2.40. The highest BCUT2D eigenvalue weighted by Gasteiger charge is 2.06. The van der Waals surface area contributed by atoms with E-state index in [1.165, 1.54) is 5.56 Å². The molecule has 2 aromatic rings. The first-order valence-electron chi connectivity index (χ1n) is 8.71. The average molecular weight is 340 g/mol. The van der Waals surface area contributed by atoms with Crippen molar-refractivity contribution in [3.8, 4) is 0 Å². The van der Waals surface area contributed by atoms with Gasteiger partial charge in [0.15, 0.2) is 0 Å². The fourth-order valence-corrected chi connectivity index (χ4v) is 2.40. The molecule has 0 aliphatic carbocycles. The summed E-state index contributed by atoms with van der Waals surface area (Å²) in [6.07, 6.45) is 2.53. The standard InChI is InChI=1S/C20H28N4O/c1-15(2)16-6-9-18(10-7-16)23-19-11-8-17(14-22-19)20(25)21-12-5-13-24(3)4/h6-11,14-15H,5,12-13H2,1-4H3,(H,21,25)(H,22,23). The molecule has 0 atom stereocenters. The predicted octanol–water partition coefficient (Wildman–Crippen LogP) is 3.63. The van der Waals surface area contributed by atoms with Crippen molar-refractivity contribution < 1.29 is 4.79 Å². The molecule has 0 saturated carbocycles. The zero-order valence-electron chi connectivity index (χ0n) is 15.5. The summed E-state index contributed by atoms with van der Waals surface area (Å²) >= 11 is 0. The Bertz CT molecular complexity index is 663. The van der Waals surface area contributed by atoms with Crippen LogP contribution in [0.1, 0.15) is 42.1 Å². The van der Waals surface area contributed by atoms with Gasteiger partial charge in [-0.25, -0.2) is 4.98 Å². The number of carbonyl (C=O) groups is 1. The molecule has 0 radical (unpaired) electrons. The number of nitrogens with zero attached hydrogens (tertiary/aromatic N) is 2. The Kier molecular flexibility index (Phi) is 6.95. The monoisotopic (exact) mass is 340 g/mol. The predicted molar refractivity (Wildman–Crippen MR) is 104 cm³/mol. The van der Waals surface area contributed by atoms with Crippen LogP contribution in [0.4, 0.5) is 11.5 Å². The number of benzene rings is 1. The van der Waals surface area contributed by atoms with Gasteiger partial charge in [-0.15, -0.1) is 0 Å². The topological polar surface area (TPSA) is 57.3 Å². The van der Waals surface area contributed by atoms with E-state index in [0.717, 1.165) is 24.5 Å². The van der Waals surface area contributed by atoms with Crippen LogP contribution in [0.25, 0.3) is 0 Å². The number of pyridine rings is 1. The van der Waals surface area contributed by atoms with Crippen LogP contribution in [0.2, 0.25) is 0 Å². The molecule has 1 heterocycles. The third-order valence-electron chi connectivity index (χ3n) is 3.94. The highest BCUT2D eigenvalue weighted by atomic mass is 16.1. The quantitative estimate of drug-likeness (QED) is 0.721. The molecule has 134 valence electrons. The van der Waals surface area contributed by atoms with Gasteiger partial charge in [0.05, 0.1) is 5.56 Å². The van der Waals surface area contributed by atoms with E-state index < -0.39 is 0 Å². The van der Waals surface area contributed by atoms with Crippen LogP contribution in [0.15, 0.2) is 42.6 Å². The number of carbonyl (C=O) groups excluding carboxylic acids is 1. The molecule has 0 aliphatic heterocycles. The molecule has 1 aromatic heterocycles. The van der Waals surface area contributed by atoms with Gasteiger partial charge in [-0.2, -0.15) is 0 Å². The Morgan fingerprint density at radius 3 is 2.40 bits per heavy atom. The Morgan fingerprint density at radius 1 is 1.12 bits per heavy atom. The van der Waals surface area contributed by atoms with E-state index in [4.69, 9.17) is 0 Å². The first kappa shape index (κ1) is 18.9. The first-order valence-corrected chi connectivity index (χ1v) is 8.71. The average Bonchev–Trinajstić information content (AvgIpc) is 2.59. The lowest BCUT2D eigenvalue weighted by molar-refractivity contribution is 0.0952. The van der Waals surface area contributed by atoms with Crippen molar-refractivity contribution in [2.45, 2.75) is 26.2 Å². The van der Waals surface area contributed by atoms with Crippen molar-refractivity contribution in [1.82, 2.24) is 15.2 Å². The molecule has 1 aromatic carbocycles. The van der Waals surface area contributed by atoms with E-state index in [1.54, 1.807) is 12.3 Å². The van der Waals surface area contributed by atoms with Crippen LogP contribution in [-0.2, 0) is 0 Å². The van der Waals surface area contributed by atoms with Crippen LogP contribution in [0.5, 0.6) is 0 Å². The van der Waals surface area contributed by atoms with Crippen molar-refractivity contribution in [2.75, 3.05) is 32.5 Å². The minimum absolute atomic E-state index is 0.0842. The maximum atomic E-state index is 12.1. The highest BCUT2D eigenvalue weighted by Crippen LogP contribution is 2.19. The van der Waals surface area contributed by atoms with Gasteiger partial charge in [-0.05, 0) is 62.8 Å². The lowest BCUT2D eigenvalue weighted by atomic mass is 10.0. The zero-order chi connectivity index (χ0) is 18.2. The molecule has 0 aliphatic rings. The summed E-state index contributed by atoms with van der Waals surface area (Å²) < 4.78 is 0. The summed E-state index contributed by atoms with van der Waals surface area (Å²) in [6.45, 7) is 5.97. The molecule has 0 fully saturated rings. The summed E-state index contributed by atoms with van der Waals surface area (Å²) in [5, 5.41) is 6.17. The SMILES string of the molecule is CC(C)c1ccc(Nc2ccc(C(=O)NCCCN(C)C)cn2)cc1. The second-order valence-corrected chi connectivity index (χ2v) is 6.75. The normalized spacial score (nSPS) is 11.0. The summed E-state index contributed by atoms with van der Waals surface area (Å²) in [7, 11) is 4.04. The molecule has 0 saturated heterocycles. The highest BCUT2D eigenvalue weighted by molar-refractivity contribution is 5.94. The summed E-state index contributed by atoms with van der Waals surface area (Å²) in [5.41, 5.74) is 2.86. The Hall–Kier alpha value is -2.40. The van der Waals surface area contributed by atoms with E-state index in [2.05, 4.69) is 46.5 Å². The zero-order valence-corrected chi connectivity index (χ0v) is 15.5. The molecule has 2 rings (SSSR count). The summed E-state index contributed by atoms with van der Waals surface area (Å²) in [5.74, 6) is 1.16. The van der Waals surface area contributed by atoms with Gasteiger partial charge in [0.25, 0.3) is 5.91 Å². The van der Waals surface area contributed by atoms with Gasteiger partial charge in [-0.1, -0.05) is 26.0 Å². The van der Waals surface area contributed by atoms with Crippen molar-refractivity contribution in [2.24, 2.45) is 0 Å². The summed E-state index contributed by atoms with van der Waals surface area (Å²) in [4.78, 5) is 18.5. The van der Waals surface area contributed by atoms with Gasteiger partial charge < -0.3 is 15.5 Å². The molecule has 0 unspecified atom stereocenters. The maximum Gasteiger partial charge on any atom is 0.252 e. The van der Waals surface area contributed by atoms with Crippen LogP contribution >= 0.6 is 0 Å². The van der Waals surface area contributed by atoms with E-state index in [9.17, 15) is 4.79 Å². The number of hydrogen-bond acceptors (Lipinski definition) is 4. The number of nitrogens with one attached hydrogen (secondary N) is 2. The Morgan fingerprint density at radius 2 is 1.84 bits per heavy atom. The molecule has 0 bridgehead atoms. The minimum Gasteiger partial charge on any atom is -0.352 e. The van der Waals surface area contributed by atoms with Crippen LogP contribution < -0.4 is 10.6 Å². The van der Waals surface area contributed by atoms with Crippen molar-refractivity contribution in [1.29, 1.82) is 0 Å². The minimum atomic E-state index is -0.0842. The van der Waals surface area contributed by atoms with Crippen molar-refractivity contribution in [3.63, 3.8) is 0 Å². The Labute approximate surface area is 150 Å². The van der Waals surface area contributed by atoms with Crippen LogP contribution in [0.3, 0.4) is 0 Å². The van der Waals surface area contributed by atoms with Gasteiger partial charge in [0, 0.05) is 18.4 Å². The van der Waals surface area contributed by atoms with Gasteiger partial charge in [0.2, 0.25) is 0 Å². The molecule has 0 spiro atoms. The van der Waals surface area contributed by atoms with E-state index >= 15 is 0 Å². The third-order valence-corrected chi connectivity index (χ3v) is 3.94. The van der Waals surface area contributed by atoms with Gasteiger partial charge >= 0.3 is 0 Å². The number of anilines is 2. The number of amides is 1. The van der Waals surface area contributed by atoms with Crippen molar-refractivity contribution >= 4 is 17.4 Å². The molecule has 5 heteroatoms. The maximum absolute atomic E-state index is 12.1. The summed E-state index contributed by atoms with van der Waals surface area (Å²) in [6, 6.07) is 11.9. The molecular weight excluding hydrogens is 312 g/mol. The van der Waals surface area contributed by atoms with Crippen molar-refractivity contribution in [3.05, 3.63) is 53.7 Å². The number of hydrogen-bond donors (Lipinski definition) is 2. The lowest BCUT2D eigenvalue weighted by Crippen LogP contribution is -2.27. The largest absolute Gasteiger partial charge is 0.352 e. The van der Waals surface area contributed by atoms with Gasteiger partial charge in [-0.3, -0.25) is 4.79 Å². The Balaban J connectivity index is 1.87. The third kappa shape index (κ3) is 6.19. The molecule has 25 heavy (non-hydrogen) atoms. The smallest absolute Gasteiger partial charge is 0.252 e. The van der Waals surface area contributed by atoms with Crippen LogP contribution in [0, 0.1) is 0 Å². The molecule has 2 N–H and O–H groups in total. The molecular formula is C20H28N4O. The van der Waals surface area contributed by atoms with Crippen LogP contribution in [-0.4, -0.2) is 43.0 Å². The van der Waals surface area contributed by atoms with E-state index in [-0.39, 0.29) is 5.91 Å². The first-order chi connectivity index (χ1) is 12.0. The second-order valence-electron chi connectivity index (χ2n) is 6.75. The van der Waals surface area contributed by atoms with Gasteiger partial charge in [0.1, 0.15) is 5.82 Å². The lowest BCUT2D eigenvalue weighted by Gasteiger charge is -2.10. The molecule has 1 amide bonds. The molecule has 5 nitrogen and oxygen atoms in total. The number of aromatic nitrogens is 1.